The number of hydrogen-bond acceptors (Lipinski definition) is 2. The lowest BCUT2D eigenvalue weighted by Gasteiger charge is -2.17. The molecule has 0 atom stereocenters. The summed E-state index contributed by atoms with van der Waals surface area (Å²) in [6.45, 7) is 3.35. The van der Waals surface area contributed by atoms with E-state index in [1.807, 2.05) is 18.2 Å². The molecule has 82 valence electrons. The molecule has 3 nitrogen and oxygen atoms in total. The lowest BCUT2D eigenvalue weighted by Crippen LogP contribution is -2.45. The lowest BCUT2D eigenvalue weighted by molar-refractivity contribution is -0.120. The third-order valence-electron chi connectivity index (χ3n) is 1.76. The SMILES string of the molecule is CC(C)(N)C(=O)Nc1ccc(Br)c(I)c1. The Morgan fingerprint density at radius 1 is 1.53 bits per heavy atom. The second-order valence-corrected chi connectivity index (χ2v) is 5.82. The smallest absolute Gasteiger partial charge is 0.243 e. The number of hydrogen-bond donors (Lipinski definition) is 2. The first kappa shape index (κ1) is 12.9. The predicted octanol–water partition coefficient (Wildman–Crippen LogP) is 2.73. The molecule has 0 radical (unpaired) electrons. The number of rotatable bonds is 2. The zero-order chi connectivity index (χ0) is 11.6. The Kier molecular flexibility index (Phi) is 4.13. The van der Waals surface area contributed by atoms with Gasteiger partial charge >= 0.3 is 0 Å². The van der Waals surface area contributed by atoms with Crippen LogP contribution in [0.3, 0.4) is 0 Å². The first-order valence-electron chi connectivity index (χ1n) is 4.36. The zero-order valence-corrected chi connectivity index (χ0v) is 12.2. The summed E-state index contributed by atoms with van der Waals surface area (Å²) in [4.78, 5) is 11.6. The normalized spacial score (nSPS) is 11.3. The highest BCUT2D eigenvalue weighted by atomic mass is 127. The largest absolute Gasteiger partial charge is 0.324 e. The van der Waals surface area contributed by atoms with Crippen molar-refractivity contribution in [3.63, 3.8) is 0 Å². The van der Waals surface area contributed by atoms with E-state index in [-0.39, 0.29) is 5.91 Å². The third kappa shape index (κ3) is 3.73. The van der Waals surface area contributed by atoms with E-state index in [2.05, 4.69) is 43.8 Å². The zero-order valence-electron chi connectivity index (χ0n) is 8.47. The molecule has 0 aliphatic carbocycles. The Morgan fingerprint density at radius 3 is 2.60 bits per heavy atom. The highest BCUT2D eigenvalue weighted by Gasteiger charge is 2.21. The van der Waals surface area contributed by atoms with Gasteiger partial charge in [0.1, 0.15) is 0 Å². The average Bonchev–Trinajstić information content (AvgIpc) is 2.10. The maximum absolute atomic E-state index is 11.6. The predicted molar refractivity (Wildman–Crippen MR) is 73.8 cm³/mol. The molecule has 1 aromatic rings. The van der Waals surface area contributed by atoms with Gasteiger partial charge in [-0.2, -0.15) is 0 Å². The van der Waals surface area contributed by atoms with Crippen molar-refractivity contribution in [1.29, 1.82) is 0 Å². The van der Waals surface area contributed by atoms with Crippen LogP contribution in [0.4, 0.5) is 5.69 Å². The average molecular weight is 383 g/mol. The van der Waals surface area contributed by atoms with Gasteiger partial charge in [0, 0.05) is 13.7 Å². The quantitative estimate of drug-likeness (QED) is 0.772. The van der Waals surface area contributed by atoms with E-state index in [4.69, 9.17) is 5.73 Å². The molecule has 0 heterocycles. The van der Waals surface area contributed by atoms with E-state index in [1.165, 1.54) is 0 Å². The minimum Gasteiger partial charge on any atom is -0.324 e. The number of nitrogens with one attached hydrogen (secondary N) is 1. The van der Waals surface area contributed by atoms with E-state index in [9.17, 15) is 4.79 Å². The summed E-state index contributed by atoms with van der Waals surface area (Å²) in [6, 6.07) is 5.60. The van der Waals surface area contributed by atoms with Crippen molar-refractivity contribution in [2.45, 2.75) is 19.4 Å². The molecule has 15 heavy (non-hydrogen) atoms. The minimum absolute atomic E-state index is 0.194. The number of carbonyl (C=O) groups is 1. The van der Waals surface area contributed by atoms with Gasteiger partial charge < -0.3 is 11.1 Å². The lowest BCUT2D eigenvalue weighted by atomic mass is 10.1. The molecule has 1 aromatic carbocycles. The molecule has 0 saturated carbocycles. The molecule has 0 aliphatic rings. The van der Waals surface area contributed by atoms with Gasteiger partial charge in [-0.05, 0) is 70.6 Å². The topological polar surface area (TPSA) is 55.1 Å². The monoisotopic (exact) mass is 382 g/mol. The third-order valence-corrected chi connectivity index (χ3v) is 4.09. The summed E-state index contributed by atoms with van der Waals surface area (Å²) in [5.41, 5.74) is 5.56. The molecule has 0 unspecified atom stereocenters. The Balaban J connectivity index is 2.83. The van der Waals surface area contributed by atoms with Crippen molar-refractivity contribution in [3.05, 3.63) is 26.2 Å². The fraction of sp³-hybridized carbons (Fsp3) is 0.300. The van der Waals surface area contributed by atoms with Gasteiger partial charge in [0.05, 0.1) is 5.54 Å². The van der Waals surface area contributed by atoms with Gasteiger partial charge in [0.15, 0.2) is 0 Å². The summed E-state index contributed by atoms with van der Waals surface area (Å²) < 4.78 is 2.05. The summed E-state index contributed by atoms with van der Waals surface area (Å²) in [6.07, 6.45) is 0. The standard InChI is InChI=1S/C10H12BrIN2O/c1-10(2,13)9(15)14-6-3-4-7(11)8(12)5-6/h3-5H,13H2,1-2H3,(H,14,15). The van der Waals surface area contributed by atoms with Gasteiger partial charge in [-0.3, -0.25) is 4.79 Å². The maximum Gasteiger partial charge on any atom is 0.243 e. The molecule has 1 rings (SSSR count). The molecule has 5 heteroatoms. The second-order valence-electron chi connectivity index (χ2n) is 3.80. The molecule has 0 aromatic heterocycles. The van der Waals surface area contributed by atoms with Gasteiger partial charge in [-0.25, -0.2) is 0 Å². The number of amides is 1. The Labute approximate surface area is 111 Å². The first-order chi connectivity index (χ1) is 6.80. The summed E-state index contributed by atoms with van der Waals surface area (Å²) in [5, 5.41) is 2.76. The summed E-state index contributed by atoms with van der Waals surface area (Å²) in [7, 11) is 0. The summed E-state index contributed by atoms with van der Waals surface area (Å²) in [5.74, 6) is -0.194. The van der Waals surface area contributed by atoms with E-state index in [0.29, 0.717) is 0 Å². The van der Waals surface area contributed by atoms with Crippen molar-refractivity contribution in [3.8, 4) is 0 Å². The summed E-state index contributed by atoms with van der Waals surface area (Å²) >= 11 is 5.58. The van der Waals surface area contributed by atoms with Crippen LogP contribution in [0, 0.1) is 3.57 Å². The molecule has 0 aliphatic heterocycles. The van der Waals surface area contributed by atoms with E-state index >= 15 is 0 Å². The van der Waals surface area contributed by atoms with E-state index in [0.717, 1.165) is 13.7 Å². The number of carbonyl (C=O) groups excluding carboxylic acids is 1. The van der Waals surface area contributed by atoms with E-state index in [1.54, 1.807) is 13.8 Å². The number of anilines is 1. The fourth-order valence-electron chi connectivity index (χ4n) is 0.866. The van der Waals surface area contributed by atoms with Crippen LogP contribution in [0.2, 0.25) is 0 Å². The van der Waals surface area contributed by atoms with Crippen LogP contribution in [-0.4, -0.2) is 11.4 Å². The highest BCUT2D eigenvalue weighted by Crippen LogP contribution is 2.22. The van der Waals surface area contributed by atoms with Gasteiger partial charge in [0.2, 0.25) is 5.91 Å². The van der Waals surface area contributed by atoms with Gasteiger partial charge in [-0.15, -0.1) is 0 Å². The number of nitrogens with two attached hydrogens (primary N) is 1. The highest BCUT2D eigenvalue weighted by molar-refractivity contribution is 14.1. The van der Waals surface area contributed by atoms with Crippen LogP contribution in [0.15, 0.2) is 22.7 Å². The van der Waals surface area contributed by atoms with Crippen LogP contribution in [0.25, 0.3) is 0 Å². The van der Waals surface area contributed by atoms with Crippen LogP contribution >= 0.6 is 38.5 Å². The maximum atomic E-state index is 11.6. The molecular formula is C10H12BrIN2O. The van der Waals surface area contributed by atoms with Gasteiger partial charge in [0.25, 0.3) is 0 Å². The van der Waals surface area contributed by atoms with Crippen LogP contribution in [-0.2, 0) is 4.79 Å². The first-order valence-corrected chi connectivity index (χ1v) is 6.23. The van der Waals surface area contributed by atoms with Crippen LogP contribution in [0.5, 0.6) is 0 Å². The van der Waals surface area contributed by atoms with Crippen LogP contribution < -0.4 is 11.1 Å². The molecule has 0 spiro atoms. The molecule has 1 amide bonds. The Hall–Kier alpha value is -0.140. The molecule has 3 N–H and O–H groups in total. The van der Waals surface area contributed by atoms with Crippen LogP contribution in [0.1, 0.15) is 13.8 Å². The van der Waals surface area contributed by atoms with Crippen molar-refractivity contribution >= 4 is 50.1 Å². The number of benzene rings is 1. The second kappa shape index (κ2) is 4.80. The van der Waals surface area contributed by atoms with E-state index < -0.39 is 5.54 Å². The van der Waals surface area contributed by atoms with Crippen molar-refractivity contribution in [2.75, 3.05) is 5.32 Å². The number of halogens is 2. The van der Waals surface area contributed by atoms with Gasteiger partial charge in [-0.1, -0.05) is 0 Å². The molecule has 0 fully saturated rings. The molecule has 0 saturated heterocycles. The molecule has 0 bridgehead atoms. The van der Waals surface area contributed by atoms with Crippen molar-refractivity contribution < 1.29 is 4.79 Å². The Morgan fingerprint density at radius 2 is 2.13 bits per heavy atom. The molecular weight excluding hydrogens is 371 g/mol. The van der Waals surface area contributed by atoms with Crippen molar-refractivity contribution in [1.82, 2.24) is 0 Å². The minimum atomic E-state index is -0.863. The Bertz CT molecular complexity index is 387. The fourth-order valence-corrected chi connectivity index (χ4v) is 1.63. The van der Waals surface area contributed by atoms with Crippen molar-refractivity contribution in [2.24, 2.45) is 5.73 Å².